The minimum atomic E-state index is -0.866. The number of rotatable bonds is 5. The van der Waals surface area contributed by atoms with E-state index in [9.17, 15) is 4.79 Å². The summed E-state index contributed by atoms with van der Waals surface area (Å²) in [6, 6.07) is 7.90. The number of hydrogen-bond acceptors (Lipinski definition) is 5. The van der Waals surface area contributed by atoms with E-state index in [-0.39, 0.29) is 5.75 Å². The molecule has 20 heavy (non-hydrogen) atoms. The fourth-order valence-corrected chi connectivity index (χ4v) is 2.28. The minimum absolute atomic E-state index is 0.0223. The molecule has 0 amide bonds. The molecule has 0 aliphatic carbocycles. The smallest absolute Gasteiger partial charge is 0.313 e. The first-order chi connectivity index (χ1) is 9.47. The monoisotopic (exact) mass is 292 g/mol. The van der Waals surface area contributed by atoms with Crippen LogP contribution in [0.25, 0.3) is 11.4 Å². The van der Waals surface area contributed by atoms with Crippen LogP contribution in [0.5, 0.6) is 0 Å². The van der Waals surface area contributed by atoms with Crippen molar-refractivity contribution in [1.82, 2.24) is 14.8 Å². The average molecular weight is 292 g/mol. The van der Waals surface area contributed by atoms with Crippen molar-refractivity contribution in [1.29, 1.82) is 0 Å². The normalized spacial score (nSPS) is 10.6. The summed E-state index contributed by atoms with van der Waals surface area (Å²) in [5.74, 6) is -0.286. The van der Waals surface area contributed by atoms with Gasteiger partial charge in [0.05, 0.1) is 5.75 Å². The molecule has 0 radical (unpaired) electrons. The van der Waals surface area contributed by atoms with E-state index < -0.39 is 5.97 Å². The Hall–Kier alpha value is -2.02. The quantitative estimate of drug-likeness (QED) is 0.846. The Morgan fingerprint density at radius 2 is 2.00 bits per heavy atom. The van der Waals surface area contributed by atoms with Crippen molar-refractivity contribution in [3.63, 3.8) is 0 Å². The van der Waals surface area contributed by atoms with Gasteiger partial charge < -0.3 is 10.0 Å². The van der Waals surface area contributed by atoms with Crippen LogP contribution in [0.4, 0.5) is 5.69 Å². The molecule has 7 heteroatoms. The molecule has 6 nitrogen and oxygen atoms in total. The number of aliphatic carboxylic acids is 1. The highest BCUT2D eigenvalue weighted by atomic mass is 32.2. The standard InChI is InChI=1S/C13H16N4O2S/c1-16(2)10-6-4-9(5-7-10)12-14-13(17(3)15-12)20-8-11(18)19/h4-7H,8H2,1-3H3,(H,18,19). The highest BCUT2D eigenvalue weighted by molar-refractivity contribution is 7.99. The maximum Gasteiger partial charge on any atom is 0.313 e. The van der Waals surface area contributed by atoms with Crippen LogP contribution in [0.15, 0.2) is 29.4 Å². The lowest BCUT2D eigenvalue weighted by Crippen LogP contribution is -2.07. The Morgan fingerprint density at radius 1 is 1.35 bits per heavy atom. The van der Waals surface area contributed by atoms with Crippen molar-refractivity contribution >= 4 is 23.4 Å². The molecule has 0 saturated heterocycles. The molecule has 0 aliphatic heterocycles. The maximum absolute atomic E-state index is 10.6. The maximum atomic E-state index is 10.6. The van der Waals surface area contributed by atoms with Crippen LogP contribution in [0, 0.1) is 0 Å². The van der Waals surface area contributed by atoms with Crippen molar-refractivity contribution < 1.29 is 9.90 Å². The van der Waals surface area contributed by atoms with Gasteiger partial charge in [-0.25, -0.2) is 9.67 Å². The summed E-state index contributed by atoms with van der Waals surface area (Å²) in [4.78, 5) is 17.0. The number of nitrogens with zero attached hydrogens (tertiary/aromatic N) is 4. The Bertz CT molecular complexity index is 607. The summed E-state index contributed by atoms with van der Waals surface area (Å²) in [6.07, 6.45) is 0. The summed E-state index contributed by atoms with van der Waals surface area (Å²) in [6.45, 7) is 0. The van der Waals surface area contributed by atoms with Crippen molar-refractivity contribution in [2.45, 2.75) is 5.16 Å². The van der Waals surface area contributed by atoms with Gasteiger partial charge >= 0.3 is 5.97 Å². The van der Waals surface area contributed by atoms with Crippen LogP contribution < -0.4 is 4.90 Å². The zero-order valence-corrected chi connectivity index (χ0v) is 12.4. The number of carboxylic acid groups (broad SMARTS) is 1. The lowest BCUT2D eigenvalue weighted by molar-refractivity contribution is -0.133. The summed E-state index contributed by atoms with van der Waals surface area (Å²) in [5, 5.41) is 13.6. The number of anilines is 1. The second-order valence-electron chi connectivity index (χ2n) is 4.47. The second kappa shape index (κ2) is 5.96. The first-order valence-electron chi connectivity index (χ1n) is 6.01. The molecule has 1 N–H and O–H groups in total. The first kappa shape index (κ1) is 14.4. The number of thioether (sulfide) groups is 1. The average Bonchev–Trinajstić information content (AvgIpc) is 2.78. The van der Waals surface area contributed by atoms with Gasteiger partial charge in [-0.15, -0.1) is 0 Å². The molecule has 0 saturated carbocycles. The molecule has 0 spiro atoms. The zero-order valence-electron chi connectivity index (χ0n) is 11.6. The molecule has 0 aliphatic rings. The largest absolute Gasteiger partial charge is 0.481 e. The molecule has 0 unspecified atom stereocenters. The van der Waals surface area contributed by atoms with Crippen molar-refractivity contribution in [3.8, 4) is 11.4 Å². The highest BCUT2D eigenvalue weighted by Gasteiger charge is 2.11. The third kappa shape index (κ3) is 3.30. The summed E-state index contributed by atoms with van der Waals surface area (Å²) >= 11 is 1.16. The van der Waals surface area contributed by atoms with Gasteiger partial charge in [-0.2, -0.15) is 5.10 Å². The van der Waals surface area contributed by atoms with Crippen LogP contribution in [0.1, 0.15) is 0 Å². The molecular weight excluding hydrogens is 276 g/mol. The SMILES string of the molecule is CN(C)c1ccc(-c2nc(SCC(=O)O)n(C)n2)cc1. The van der Waals surface area contributed by atoms with E-state index in [2.05, 4.69) is 10.1 Å². The molecule has 0 fully saturated rings. The van der Waals surface area contributed by atoms with E-state index in [1.807, 2.05) is 43.3 Å². The predicted molar refractivity (Wildman–Crippen MR) is 79.1 cm³/mol. The van der Waals surface area contributed by atoms with Gasteiger partial charge in [0, 0.05) is 32.4 Å². The molecule has 1 aromatic heterocycles. The number of carboxylic acids is 1. The predicted octanol–water partition coefficient (Wildman–Crippen LogP) is 1.72. The van der Waals surface area contributed by atoms with Gasteiger partial charge in [-0.3, -0.25) is 4.79 Å². The number of aromatic nitrogens is 3. The van der Waals surface area contributed by atoms with Gasteiger partial charge in [0.15, 0.2) is 11.0 Å². The van der Waals surface area contributed by atoms with Gasteiger partial charge in [0.1, 0.15) is 0 Å². The van der Waals surface area contributed by atoms with Crippen LogP contribution in [-0.4, -0.2) is 45.7 Å². The Morgan fingerprint density at radius 3 is 2.55 bits per heavy atom. The number of benzene rings is 1. The van der Waals surface area contributed by atoms with Crippen LogP contribution >= 0.6 is 11.8 Å². The highest BCUT2D eigenvalue weighted by Crippen LogP contribution is 2.22. The van der Waals surface area contributed by atoms with Crippen LogP contribution in [-0.2, 0) is 11.8 Å². The molecule has 1 heterocycles. The summed E-state index contributed by atoms with van der Waals surface area (Å²) in [5.41, 5.74) is 2.01. The lowest BCUT2D eigenvalue weighted by Gasteiger charge is -2.11. The molecule has 0 atom stereocenters. The molecule has 1 aromatic carbocycles. The van der Waals surface area contributed by atoms with E-state index >= 15 is 0 Å². The molecule has 0 bridgehead atoms. The molecule has 2 aromatic rings. The Balaban J connectivity index is 2.20. The molecule has 2 rings (SSSR count). The fraction of sp³-hybridized carbons (Fsp3) is 0.308. The van der Waals surface area contributed by atoms with Crippen LogP contribution in [0.3, 0.4) is 0 Å². The van der Waals surface area contributed by atoms with E-state index in [4.69, 9.17) is 5.11 Å². The van der Waals surface area contributed by atoms with E-state index in [0.717, 1.165) is 23.0 Å². The van der Waals surface area contributed by atoms with Crippen molar-refractivity contribution in [2.24, 2.45) is 7.05 Å². The topological polar surface area (TPSA) is 71.2 Å². The van der Waals surface area contributed by atoms with Gasteiger partial charge in [-0.1, -0.05) is 11.8 Å². The third-order valence-electron chi connectivity index (χ3n) is 2.69. The molecule has 106 valence electrons. The zero-order chi connectivity index (χ0) is 14.7. The second-order valence-corrected chi connectivity index (χ2v) is 5.41. The van der Waals surface area contributed by atoms with Crippen molar-refractivity contribution in [3.05, 3.63) is 24.3 Å². The number of aryl methyl sites for hydroxylation is 1. The Labute approximate surface area is 121 Å². The Kier molecular flexibility index (Phi) is 4.29. The number of carbonyl (C=O) groups is 1. The lowest BCUT2D eigenvalue weighted by atomic mass is 10.2. The number of hydrogen-bond donors (Lipinski definition) is 1. The van der Waals surface area contributed by atoms with Gasteiger partial charge in [0.25, 0.3) is 0 Å². The first-order valence-corrected chi connectivity index (χ1v) is 6.99. The third-order valence-corrected chi connectivity index (χ3v) is 3.69. The van der Waals surface area contributed by atoms with E-state index in [1.165, 1.54) is 0 Å². The summed E-state index contributed by atoms with van der Waals surface area (Å²) in [7, 11) is 5.72. The fourth-order valence-electron chi connectivity index (χ4n) is 1.65. The minimum Gasteiger partial charge on any atom is -0.481 e. The van der Waals surface area contributed by atoms with Gasteiger partial charge in [0.2, 0.25) is 0 Å². The van der Waals surface area contributed by atoms with Crippen LogP contribution in [0.2, 0.25) is 0 Å². The van der Waals surface area contributed by atoms with E-state index in [1.54, 1.807) is 11.7 Å². The van der Waals surface area contributed by atoms with Crippen molar-refractivity contribution in [2.75, 3.05) is 24.7 Å². The summed E-state index contributed by atoms with van der Waals surface area (Å²) < 4.78 is 1.60. The van der Waals surface area contributed by atoms with Gasteiger partial charge in [-0.05, 0) is 24.3 Å². The van der Waals surface area contributed by atoms with E-state index in [0.29, 0.717) is 11.0 Å². The molecular formula is C13H16N4O2S.